The van der Waals surface area contributed by atoms with Crippen LogP contribution in [0.25, 0.3) is 43.4 Å². The Morgan fingerprint density at radius 3 is 1.70 bits per heavy atom. The molecule has 0 bridgehead atoms. The fraction of sp³-hybridized carbons (Fsp3) is 0.277. The minimum Gasteiger partial charge on any atom is -0.306 e. The summed E-state index contributed by atoms with van der Waals surface area (Å²) in [5.74, 6) is 1.23. The van der Waals surface area contributed by atoms with Gasteiger partial charge in [0.25, 0.3) is 0 Å². The number of benzene rings is 6. The number of nitrogens with zero attached hydrogens (tertiary/aromatic N) is 4. The number of likely N-dealkylation sites (tertiary alicyclic amines) is 2. The van der Waals surface area contributed by atoms with Gasteiger partial charge in [0.2, 0.25) is 0 Å². The fourth-order valence-corrected chi connectivity index (χ4v) is 9.70. The number of fused-ring (bicyclic) bond motifs is 4. The molecule has 0 spiro atoms. The van der Waals surface area contributed by atoms with Crippen molar-refractivity contribution in [2.45, 2.75) is 59.6 Å². The summed E-state index contributed by atoms with van der Waals surface area (Å²) < 4.78 is 1.28. The van der Waals surface area contributed by atoms with Crippen molar-refractivity contribution >= 4 is 90.3 Å². The van der Waals surface area contributed by atoms with E-state index in [1.165, 1.54) is 95.8 Å². The maximum absolute atomic E-state index is 4.56. The first-order chi connectivity index (χ1) is 26.9. The summed E-state index contributed by atoms with van der Waals surface area (Å²) in [6, 6.07) is 42.6. The highest BCUT2D eigenvalue weighted by atomic mass is 127. The summed E-state index contributed by atoms with van der Waals surface area (Å²) in [5.41, 5.74) is 4.83. The van der Waals surface area contributed by atoms with Gasteiger partial charge in [-0.15, -0.1) is 12.6 Å². The average molecular weight is 891 g/mol. The average Bonchev–Trinajstić information content (AvgIpc) is 3.84. The molecule has 0 aliphatic carbocycles. The molecule has 6 aromatic carbocycles. The van der Waals surface area contributed by atoms with Gasteiger partial charge >= 0.3 is 0 Å². The maximum Gasteiger partial charge on any atom is 0.0924 e. The first-order valence-electron chi connectivity index (χ1n) is 19.2. The zero-order chi connectivity index (χ0) is 37.7. The van der Waals surface area contributed by atoms with Gasteiger partial charge in [0.15, 0.2) is 0 Å². The van der Waals surface area contributed by atoms with Gasteiger partial charge in [0, 0.05) is 52.3 Å². The number of thiol groups is 1. The predicted molar refractivity (Wildman–Crippen MR) is 250 cm³/mol. The van der Waals surface area contributed by atoms with E-state index >= 15 is 0 Å². The molecule has 2 aromatic heterocycles. The van der Waals surface area contributed by atoms with Crippen molar-refractivity contribution < 1.29 is 0 Å². The highest BCUT2D eigenvalue weighted by Gasteiger charge is 2.23. The first-order valence-corrected chi connectivity index (χ1v) is 21.5. The number of rotatable bonds is 4. The molecular weight excluding hydrogens is 840 g/mol. The lowest BCUT2D eigenvalue weighted by molar-refractivity contribution is 0.254. The third-order valence-corrected chi connectivity index (χ3v) is 13.2. The number of piperidine rings is 2. The second-order valence-electron chi connectivity index (χ2n) is 14.8. The Morgan fingerprint density at radius 2 is 1.09 bits per heavy atom. The topological polar surface area (TPSA) is 63.8 Å². The van der Waals surface area contributed by atoms with Crippen molar-refractivity contribution in [2.24, 2.45) is 0 Å². The van der Waals surface area contributed by atoms with E-state index in [9.17, 15) is 0 Å². The molecule has 9 heteroatoms. The van der Waals surface area contributed by atoms with Crippen molar-refractivity contribution in [2.75, 3.05) is 40.3 Å². The Morgan fingerprint density at radius 1 is 0.589 bits per heavy atom. The molecular formula is C47H51IN6S2. The molecule has 288 valence electrons. The largest absolute Gasteiger partial charge is 0.306 e. The summed E-state index contributed by atoms with van der Waals surface area (Å²) in [5, 5.41) is 23.2. The van der Waals surface area contributed by atoms with E-state index in [1.54, 1.807) is 0 Å². The summed E-state index contributed by atoms with van der Waals surface area (Å²) in [6.07, 6.45) is 4.88. The summed E-state index contributed by atoms with van der Waals surface area (Å²) in [6.45, 7) is 4.70. The number of nitrogens with one attached hydrogen (secondary N) is 2. The molecule has 2 N–H and O–H groups in total. The van der Waals surface area contributed by atoms with Gasteiger partial charge in [-0.05, 0) is 159 Å². The highest BCUT2D eigenvalue weighted by Crippen LogP contribution is 2.38. The Labute approximate surface area is 354 Å². The van der Waals surface area contributed by atoms with Crippen molar-refractivity contribution in [3.63, 3.8) is 0 Å². The van der Waals surface area contributed by atoms with Crippen LogP contribution in [0.1, 0.15) is 56.3 Å². The van der Waals surface area contributed by atoms with Crippen molar-refractivity contribution in [1.29, 1.82) is 0 Å². The van der Waals surface area contributed by atoms with E-state index in [-0.39, 0.29) is 7.43 Å². The van der Waals surface area contributed by atoms with Crippen LogP contribution >= 0.6 is 47.0 Å². The molecule has 8 aromatic rings. The molecule has 0 radical (unpaired) electrons. The molecule has 4 heterocycles. The first kappa shape index (κ1) is 40.3. The molecule has 2 aliphatic rings. The van der Waals surface area contributed by atoms with E-state index < -0.39 is 0 Å². The van der Waals surface area contributed by atoms with E-state index in [1.807, 2.05) is 36.0 Å². The molecule has 56 heavy (non-hydrogen) atoms. The number of H-pyrrole nitrogens is 2. The van der Waals surface area contributed by atoms with Crippen LogP contribution in [0, 0.1) is 3.57 Å². The minimum absolute atomic E-state index is 0. The van der Waals surface area contributed by atoms with Gasteiger partial charge in [-0.2, -0.15) is 10.2 Å². The molecule has 10 rings (SSSR count). The SMILES string of the molecule is C.CN1CCC(c2[nH]nc3ccc(I)cc23)CC1.CN1CCC(c2[nH]nc3ccc(Sc4cccc5ccccc45)cc23)CC1.Sc1cccc2ccccc12. The van der Waals surface area contributed by atoms with Gasteiger partial charge in [-0.25, -0.2) is 0 Å². The molecule has 6 nitrogen and oxygen atoms in total. The Hall–Kier alpha value is -3.87. The van der Waals surface area contributed by atoms with Crippen LogP contribution in [0.4, 0.5) is 0 Å². The van der Waals surface area contributed by atoms with E-state index in [0.717, 1.165) is 29.0 Å². The third kappa shape index (κ3) is 9.29. The molecule has 2 fully saturated rings. The lowest BCUT2D eigenvalue weighted by Gasteiger charge is -2.28. The van der Waals surface area contributed by atoms with E-state index in [4.69, 9.17) is 0 Å². The Balaban J connectivity index is 0.000000141. The van der Waals surface area contributed by atoms with Crippen LogP contribution in [0.3, 0.4) is 0 Å². The van der Waals surface area contributed by atoms with Gasteiger partial charge < -0.3 is 9.80 Å². The van der Waals surface area contributed by atoms with Gasteiger partial charge in [0.1, 0.15) is 0 Å². The normalized spacial score (nSPS) is 15.6. The summed E-state index contributed by atoms with van der Waals surface area (Å²) in [4.78, 5) is 8.43. The minimum atomic E-state index is 0. The van der Waals surface area contributed by atoms with Crippen molar-refractivity contribution in [1.82, 2.24) is 30.2 Å². The Bertz CT molecular complexity index is 2520. The van der Waals surface area contributed by atoms with Gasteiger partial charge in [-0.1, -0.05) is 92.0 Å². The van der Waals surface area contributed by atoms with Crippen molar-refractivity contribution in [3.05, 3.63) is 136 Å². The predicted octanol–water partition coefficient (Wildman–Crippen LogP) is 12.4. The number of aromatic amines is 2. The zero-order valence-electron chi connectivity index (χ0n) is 31.4. The monoisotopic (exact) mass is 890 g/mol. The van der Waals surface area contributed by atoms with E-state index in [0.29, 0.717) is 11.8 Å². The molecule has 0 unspecified atom stereocenters. The molecule has 0 saturated carbocycles. The molecule has 2 saturated heterocycles. The summed E-state index contributed by atoms with van der Waals surface area (Å²) in [7, 11) is 4.41. The lowest BCUT2D eigenvalue weighted by atomic mass is 9.92. The van der Waals surface area contributed by atoms with Crippen LogP contribution in [0.5, 0.6) is 0 Å². The summed E-state index contributed by atoms with van der Waals surface area (Å²) >= 11 is 8.56. The van der Waals surface area contributed by atoms with Gasteiger partial charge in [-0.3, -0.25) is 10.2 Å². The second kappa shape index (κ2) is 18.6. The second-order valence-corrected chi connectivity index (χ2v) is 17.7. The van der Waals surface area contributed by atoms with Crippen LogP contribution < -0.4 is 0 Å². The lowest BCUT2D eigenvalue weighted by Crippen LogP contribution is -2.29. The van der Waals surface area contributed by atoms with Gasteiger partial charge in [0.05, 0.1) is 11.0 Å². The van der Waals surface area contributed by atoms with Crippen LogP contribution in [-0.2, 0) is 0 Å². The van der Waals surface area contributed by atoms with Crippen LogP contribution in [0.15, 0.2) is 136 Å². The molecule has 0 amide bonds. The number of halogens is 1. The maximum atomic E-state index is 4.56. The quantitative estimate of drug-likeness (QED) is 0.121. The zero-order valence-corrected chi connectivity index (χ0v) is 35.2. The van der Waals surface area contributed by atoms with Crippen LogP contribution in [0.2, 0.25) is 0 Å². The van der Waals surface area contributed by atoms with Crippen LogP contribution in [-0.4, -0.2) is 70.5 Å². The number of hydrogen-bond donors (Lipinski definition) is 3. The standard InChI is InChI=1S/C23H23N3S.C13H16IN3.C10H8S.CH4/c1-26-13-11-17(12-14-26)23-20-15-18(9-10-21(20)24-25-23)27-22-8-4-6-16-5-2-3-7-19(16)22;1-17-6-4-9(5-7-17)13-11-8-10(14)2-3-12(11)15-16-13;11-10-7-3-5-8-4-1-2-6-9(8)10;/h2-10,15,17H,11-14H2,1H3,(H,24,25);2-3,8-9H,4-7H2,1H3,(H,15,16);1-7,11H;1H4. The highest BCUT2D eigenvalue weighted by molar-refractivity contribution is 14.1. The third-order valence-electron chi connectivity index (χ3n) is 11.1. The fourth-order valence-electron chi connectivity index (χ4n) is 7.91. The Kier molecular flexibility index (Phi) is 13.4. The van der Waals surface area contributed by atoms with Crippen molar-refractivity contribution in [3.8, 4) is 0 Å². The molecule has 2 aliphatic heterocycles. The number of aromatic nitrogens is 4. The van der Waals surface area contributed by atoms with E-state index in [2.05, 4.69) is 177 Å². The molecule has 0 atom stereocenters. The smallest absolute Gasteiger partial charge is 0.0924 e. The number of hydrogen-bond acceptors (Lipinski definition) is 6.